The van der Waals surface area contributed by atoms with Crippen LogP contribution in [0.4, 0.5) is 0 Å². The molecule has 0 unspecified atom stereocenters. The monoisotopic (exact) mass is 206 g/mol. The summed E-state index contributed by atoms with van der Waals surface area (Å²) in [4.78, 5) is 0. The predicted molar refractivity (Wildman–Crippen MR) is 61.9 cm³/mol. The summed E-state index contributed by atoms with van der Waals surface area (Å²) in [5, 5.41) is 3.61. The Labute approximate surface area is 88.3 Å². The van der Waals surface area contributed by atoms with E-state index < -0.39 is 0 Å². The van der Waals surface area contributed by atoms with Crippen molar-refractivity contribution in [2.45, 2.75) is 20.0 Å². The molecule has 1 heterocycles. The van der Waals surface area contributed by atoms with Crippen LogP contribution in [0.2, 0.25) is 0 Å². The number of thiophene rings is 1. The van der Waals surface area contributed by atoms with E-state index in [0.717, 1.165) is 13.0 Å². The summed E-state index contributed by atoms with van der Waals surface area (Å²) >= 11 is 1.80. The molecule has 1 aromatic carbocycles. The van der Waals surface area contributed by atoms with Crippen LogP contribution in [0.25, 0.3) is 10.1 Å². The van der Waals surface area contributed by atoms with Gasteiger partial charge in [-0.05, 0) is 29.0 Å². The standard InChI is InChI=1S/C12H14OS/c1-3-9-5-4-6-11-12(9)10(7-13-2)8-14-11/h4-6,8H,3,7H2,1-2H3. The third-order valence-corrected chi connectivity index (χ3v) is 3.44. The highest BCUT2D eigenvalue weighted by atomic mass is 32.1. The summed E-state index contributed by atoms with van der Waals surface area (Å²) in [6, 6.07) is 6.51. The van der Waals surface area contributed by atoms with Crippen LogP contribution in [0, 0.1) is 0 Å². The van der Waals surface area contributed by atoms with E-state index in [1.54, 1.807) is 18.4 Å². The van der Waals surface area contributed by atoms with E-state index in [-0.39, 0.29) is 0 Å². The lowest BCUT2D eigenvalue weighted by atomic mass is 10.1. The van der Waals surface area contributed by atoms with Crippen molar-refractivity contribution in [3.8, 4) is 0 Å². The molecule has 0 N–H and O–H groups in total. The molecule has 0 bridgehead atoms. The lowest BCUT2D eigenvalue weighted by Gasteiger charge is -2.02. The van der Waals surface area contributed by atoms with E-state index in [0.29, 0.717) is 0 Å². The zero-order chi connectivity index (χ0) is 9.97. The van der Waals surface area contributed by atoms with Crippen molar-refractivity contribution < 1.29 is 4.74 Å². The van der Waals surface area contributed by atoms with E-state index in [2.05, 4.69) is 30.5 Å². The molecule has 2 heteroatoms. The Bertz CT molecular complexity index is 431. The molecule has 0 aliphatic carbocycles. The Kier molecular flexibility index (Phi) is 2.85. The van der Waals surface area contributed by atoms with E-state index >= 15 is 0 Å². The number of hydrogen-bond donors (Lipinski definition) is 0. The van der Waals surface area contributed by atoms with Crippen molar-refractivity contribution in [1.29, 1.82) is 0 Å². The van der Waals surface area contributed by atoms with E-state index in [1.807, 2.05) is 0 Å². The molecule has 2 aromatic rings. The largest absolute Gasteiger partial charge is 0.380 e. The SMILES string of the molecule is CCc1cccc2scc(COC)c12. The first-order valence-corrected chi connectivity index (χ1v) is 5.71. The van der Waals surface area contributed by atoms with Gasteiger partial charge in [-0.1, -0.05) is 19.1 Å². The fourth-order valence-corrected chi connectivity index (χ4v) is 2.78. The Morgan fingerprint density at radius 1 is 1.29 bits per heavy atom. The minimum absolute atomic E-state index is 0.719. The van der Waals surface area contributed by atoms with Crippen LogP contribution in [0.3, 0.4) is 0 Å². The zero-order valence-corrected chi connectivity index (χ0v) is 9.36. The average molecular weight is 206 g/mol. The maximum Gasteiger partial charge on any atom is 0.0727 e. The smallest absolute Gasteiger partial charge is 0.0727 e. The summed E-state index contributed by atoms with van der Waals surface area (Å²) in [6.45, 7) is 2.92. The Morgan fingerprint density at radius 3 is 2.86 bits per heavy atom. The molecule has 0 aliphatic heterocycles. The van der Waals surface area contributed by atoms with Gasteiger partial charge in [-0.25, -0.2) is 0 Å². The van der Waals surface area contributed by atoms with Crippen molar-refractivity contribution in [2.24, 2.45) is 0 Å². The number of ether oxygens (including phenoxy) is 1. The first-order valence-electron chi connectivity index (χ1n) is 4.83. The average Bonchev–Trinajstić information content (AvgIpc) is 2.62. The Hall–Kier alpha value is -0.860. The topological polar surface area (TPSA) is 9.23 Å². The maximum atomic E-state index is 5.20. The molecule has 0 amide bonds. The maximum absolute atomic E-state index is 5.20. The molecule has 1 aromatic heterocycles. The molecule has 0 fully saturated rings. The van der Waals surface area contributed by atoms with Gasteiger partial charge >= 0.3 is 0 Å². The van der Waals surface area contributed by atoms with E-state index in [1.165, 1.54) is 21.2 Å². The lowest BCUT2D eigenvalue weighted by Crippen LogP contribution is -1.88. The third-order valence-electron chi connectivity index (χ3n) is 2.44. The van der Waals surface area contributed by atoms with Crippen molar-refractivity contribution in [3.05, 3.63) is 34.7 Å². The van der Waals surface area contributed by atoms with Crippen molar-refractivity contribution in [3.63, 3.8) is 0 Å². The van der Waals surface area contributed by atoms with Crippen LogP contribution in [-0.2, 0) is 17.8 Å². The first kappa shape index (κ1) is 9.69. The molecule has 2 rings (SSSR count). The van der Waals surface area contributed by atoms with Gasteiger partial charge in [0.2, 0.25) is 0 Å². The minimum atomic E-state index is 0.719. The highest BCUT2D eigenvalue weighted by Gasteiger charge is 2.06. The number of aryl methyl sites for hydroxylation is 1. The second-order valence-electron chi connectivity index (χ2n) is 3.34. The summed E-state index contributed by atoms with van der Waals surface area (Å²) in [5.41, 5.74) is 2.75. The van der Waals surface area contributed by atoms with Crippen LogP contribution < -0.4 is 0 Å². The van der Waals surface area contributed by atoms with Crippen molar-refractivity contribution >= 4 is 21.4 Å². The molecule has 0 saturated carbocycles. The Balaban J connectivity index is 2.62. The summed E-state index contributed by atoms with van der Waals surface area (Å²) in [5.74, 6) is 0. The molecule has 14 heavy (non-hydrogen) atoms. The van der Waals surface area contributed by atoms with Gasteiger partial charge < -0.3 is 4.74 Å². The van der Waals surface area contributed by atoms with Gasteiger partial charge in [0.15, 0.2) is 0 Å². The summed E-state index contributed by atoms with van der Waals surface area (Å²) < 4.78 is 6.57. The van der Waals surface area contributed by atoms with Crippen LogP contribution in [0.5, 0.6) is 0 Å². The van der Waals surface area contributed by atoms with Crippen LogP contribution in [0.1, 0.15) is 18.1 Å². The molecular weight excluding hydrogens is 192 g/mol. The van der Waals surface area contributed by atoms with E-state index in [4.69, 9.17) is 4.74 Å². The summed E-state index contributed by atoms with van der Waals surface area (Å²) in [7, 11) is 1.75. The fraction of sp³-hybridized carbons (Fsp3) is 0.333. The predicted octanol–water partition coefficient (Wildman–Crippen LogP) is 3.61. The quantitative estimate of drug-likeness (QED) is 0.745. The second-order valence-corrected chi connectivity index (χ2v) is 4.25. The van der Waals surface area contributed by atoms with Gasteiger partial charge in [0.1, 0.15) is 0 Å². The highest BCUT2D eigenvalue weighted by Crippen LogP contribution is 2.29. The van der Waals surface area contributed by atoms with E-state index in [9.17, 15) is 0 Å². The number of rotatable bonds is 3. The first-order chi connectivity index (χ1) is 6.86. The van der Waals surface area contributed by atoms with Gasteiger partial charge in [0, 0.05) is 17.2 Å². The van der Waals surface area contributed by atoms with Crippen LogP contribution >= 0.6 is 11.3 Å². The van der Waals surface area contributed by atoms with Gasteiger partial charge in [-0.2, -0.15) is 0 Å². The molecule has 1 nitrogen and oxygen atoms in total. The van der Waals surface area contributed by atoms with Gasteiger partial charge in [-0.15, -0.1) is 11.3 Å². The van der Waals surface area contributed by atoms with Crippen molar-refractivity contribution in [1.82, 2.24) is 0 Å². The minimum Gasteiger partial charge on any atom is -0.380 e. The molecule has 0 spiro atoms. The van der Waals surface area contributed by atoms with Crippen LogP contribution in [-0.4, -0.2) is 7.11 Å². The zero-order valence-electron chi connectivity index (χ0n) is 8.54. The fourth-order valence-electron chi connectivity index (χ4n) is 1.79. The number of fused-ring (bicyclic) bond motifs is 1. The van der Waals surface area contributed by atoms with Gasteiger partial charge in [0.05, 0.1) is 6.61 Å². The molecule has 74 valence electrons. The number of hydrogen-bond acceptors (Lipinski definition) is 2. The normalized spacial score (nSPS) is 11.0. The highest BCUT2D eigenvalue weighted by molar-refractivity contribution is 7.17. The molecule has 0 aliphatic rings. The van der Waals surface area contributed by atoms with Crippen molar-refractivity contribution in [2.75, 3.05) is 7.11 Å². The van der Waals surface area contributed by atoms with Gasteiger partial charge in [-0.3, -0.25) is 0 Å². The lowest BCUT2D eigenvalue weighted by molar-refractivity contribution is 0.186. The molecule has 0 saturated heterocycles. The summed E-state index contributed by atoms with van der Waals surface area (Å²) in [6.07, 6.45) is 1.09. The van der Waals surface area contributed by atoms with Gasteiger partial charge in [0.25, 0.3) is 0 Å². The number of benzene rings is 1. The molecule has 0 radical (unpaired) electrons. The molecular formula is C12H14OS. The third kappa shape index (κ3) is 1.56. The Morgan fingerprint density at radius 2 is 2.14 bits per heavy atom. The number of methoxy groups -OCH3 is 1. The second kappa shape index (κ2) is 4.11. The van der Waals surface area contributed by atoms with Crippen LogP contribution in [0.15, 0.2) is 23.6 Å². The molecule has 0 atom stereocenters.